The second kappa shape index (κ2) is 8.50. The lowest BCUT2D eigenvalue weighted by Gasteiger charge is -2.36. The molecule has 0 saturated carbocycles. The van der Waals surface area contributed by atoms with Crippen molar-refractivity contribution >= 4 is 17.3 Å². The number of anilines is 1. The first-order valence-electron chi connectivity index (χ1n) is 7.73. The Morgan fingerprint density at radius 1 is 0.950 bits per heavy atom. The van der Waals surface area contributed by atoms with Crippen LogP contribution in [0, 0.1) is 0 Å². The highest BCUT2D eigenvalue weighted by Gasteiger charge is 2.17. The Bertz CT molecular complexity index is 389. The van der Waals surface area contributed by atoms with Gasteiger partial charge in [0.15, 0.2) is 0 Å². The normalized spacial score (nSPS) is 16.6. The van der Waals surface area contributed by atoms with Crippen molar-refractivity contribution in [2.75, 3.05) is 44.2 Å². The number of halogens is 1. The van der Waals surface area contributed by atoms with Crippen LogP contribution in [0.15, 0.2) is 24.3 Å². The average Bonchev–Trinajstić information content (AvgIpc) is 2.48. The fraction of sp³-hybridized carbons (Fsp3) is 0.625. The molecule has 1 heterocycles. The number of rotatable bonds is 7. The molecule has 4 heteroatoms. The summed E-state index contributed by atoms with van der Waals surface area (Å²) in [6, 6.07) is 8.14. The molecule has 0 spiro atoms. The Labute approximate surface area is 127 Å². The molecule has 0 bridgehead atoms. The summed E-state index contributed by atoms with van der Waals surface area (Å²) >= 11 is 6.26. The van der Waals surface area contributed by atoms with Gasteiger partial charge in [-0.2, -0.15) is 0 Å². The Morgan fingerprint density at radius 2 is 1.65 bits per heavy atom. The maximum absolute atomic E-state index is 6.26. The highest BCUT2D eigenvalue weighted by atomic mass is 35.5. The van der Waals surface area contributed by atoms with Gasteiger partial charge in [0.25, 0.3) is 0 Å². The minimum atomic E-state index is 0.830. The van der Waals surface area contributed by atoms with Crippen LogP contribution >= 0.6 is 11.6 Å². The molecule has 2 rings (SSSR count). The van der Waals surface area contributed by atoms with Crippen molar-refractivity contribution in [1.82, 2.24) is 4.90 Å². The van der Waals surface area contributed by atoms with Crippen molar-refractivity contribution in [3.05, 3.63) is 29.3 Å². The van der Waals surface area contributed by atoms with E-state index in [0.29, 0.717) is 0 Å². The number of nitrogens with two attached hydrogens (primary N) is 1. The minimum Gasteiger partial charge on any atom is -0.368 e. The number of hydrogen-bond acceptors (Lipinski definition) is 3. The van der Waals surface area contributed by atoms with Gasteiger partial charge in [-0.05, 0) is 38.1 Å². The van der Waals surface area contributed by atoms with Crippen LogP contribution in [0.4, 0.5) is 5.69 Å². The third-order valence-electron chi connectivity index (χ3n) is 3.99. The van der Waals surface area contributed by atoms with Gasteiger partial charge in [0.1, 0.15) is 0 Å². The quantitative estimate of drug-likeness (QED) is 0.785. The molecule has 0 unspecified atom stereocenters. The zero-order valence-electron chi connectivity index (χ0n) is 12.2. The molecule has 1 aliphatic heterocycles. The van der Waals surface area contributed by atoms with Gasteiger partial charge in [0.2, 0.25) is 0 Å². The summed E-state index contributed by atoms with van der Waals surface area (Å²) in [5.41, 5.74) is 6.69. The number of unbranched alkanes of at least 4 members (excludes halogenated alkanes) is 3. The van der Waals surface area contributed by atoms with Gasteiger partial charge in [0.05, 0.1) is 10.7 Å². The summed E-state index contributed by atoms with van der Waals surface area (Å²) in [7, 11) is 0. The Balaban J connectivity index is 1.69. The van der Waals surface area contributed by atoms with E-state index >= 15 is 0 Å². The molecule has 3 nitrogen and oxygen atoms in total. The van der Waals surface area contributed by atoms with Crippen LogP contribution in [-0.2, 0) is 0 Å². The highest BCUT2D eigenvalue weighted by molar-refractivity contribution is 6.33. The van der Waals surface area contributed by atoms with Gasteiger partial charge < -0.3 is 10.6 Å². The molecule has 0 aliphatic carbocycles. The summed E-state index contributed by atoms with van der Waals surface area (Å²) in [6.45, 7) is 6.49. The fourth-order valence-corrected chi connectivity index (χ4v) is 3.01. The van der Waals surface area contributed by atoms with E-state index in [-0.39, 0.29) is 0 Å². The number of nitrogens with zero attached hydrogens (tertiary/aromatic N) is 2. The Morgan fingerprint density at radius 3 is 2.35 bits per heavy atom. The second-order valence-electron chi connectivity index (χ2n) is 5.48. The summed E-state index contributed by atoms with van der Waals surface area (Å²) in [5, 5.41) is 0.864. The average molecular weight is 296 g/mol. The summed E-state index contributed by atoms with van der Waals surface area (Å²) < 4.78 is 0. The highest BCUT2D eigenvalue weighted by Crippen LogP contribution is 2.26. The topological polar surface area (TPSA) is 32.5 Å². The van der Waals surface area contributed by atoms with Crippen molar-refractivity contribution < 1.29 is 0 Å². The van der Waals surface area contributed by atoms with Crippen LogP contribution in [0.5, 0.6) is 0 Å². The lowest BCUT2D eigenvalue weighted by molar-refractivity contribution is 0.252. The second-order valence-corrected chi connectivity index (χ2v) is 5.89. The number of piperazine rings is 1. The van der Waals surface area contributed by atoms with Gasteiger partial charge in [0, 0.05) is 26.2 Å². The van der Waals surface area contributed by atoms with Crippen LogP contribution in [-0.4, -0.2) is 44.2 Å². The van der Waals surface area contributed by atoms with Crippen molar-refractivity contribution in [1.29, 1.82) is 0 Å². The maximum Gasteiger partial charge on any atom is 0.0639 e. The van der Waals surface area contributed by atoms with Crippen molar-refractivity contribution in [2.45, 2.75) is 25.7 Å². The zero-order chi connectivity index (χ0) is 14.2. The monoisotopic (exact) mass is 295 g/mol. The molecule has 0 aromatic heterocycles. The SMILES string of the molecule is NCCCCCCN1CCN(c2ccccc2Cl)CC1. The van der Waals surface area contributed by atoms with Crippen LogP contribution in [0.3, 0.4) is 0 Å². The lowest BCUT2D eigenvalue weighted by Crippen LogP contribution is -2.46. The third-order valence-corrected chi connectivity index (χ3v) is 4.31. The molecule has 20 heavy (non-hydrogen) atoms. The molecule has 112 valence electrons. The molecular weight excluding hydrogens is 270 g/mol. The Hall–Kier alpha value is -0.770. The molecule has 1 saturated heterocycles. The third kappa shape index (κ3) is 4.65. The summed E-state index contributed by atoms with van der Waals surface area (Å²) in [4.78, 5) is 4.96. The van der Waals surface area contributed by atoms with E-state index in [1.807, 2.05) is 12.1 Å². The summed E-state index contributed by atoms with van der Waals surface area (Å²) in [6.07, 6.45) is 5.05. The maximum atomic E-state index is 6.26. The molecule has 1 aromatic rings. The van der Waals surface area contributed by atoms with Crippen LogP contribution < -0.4 is 10.6 Å². The minimum absolute atomic E-state index is 0.830. The van der Waals surface area contributed by atoms with Gasteiger partial charge in [-0.25, -0.2) is 0 Å². The van der Waals surface area contributed by atoms with Crippen molar-refractivity contribution in [2.24, 2.45) is 5.73 Å². The molecular formula is C16H26ClN3. The molecule has 0 amide bonds. The van der Waals surface area contributed by atoms with Gasteiger partial charge in [-0.15, -0.1) is 0 Å². The predicted octanol–water partition coefficient (Wildman–Crippen LogP) is 2.98. The standard InChI is InChI=1S/C16H26ClN3/c17-15-7-3-4-8-16(15)20-13-11-19(12-14-20)10-6-2-1-5-9-18/h3-4,7-8H,1-2,5-6,9-14,18H2. The lowest BCUT2D eigenvalue weighted by atomic mass is 10.1. The molecule has 2 N–H and O–H groups in total. The molecule has 1 aromatic carbocycles. The van der Waals surface area contributed by atoms with E-state index in [4.69, 9.17) is 17.3 Å². The zero-order valence-corrected chi connectivity index (χ0v) is 13.0. The molecule has 1 fully saturated rings. The van der Waals surface area contributed by atoms with E-state index in [9.17, 15) is 0 Å². The first-order valence-corrected chi connectivity index (χ1v) is 8.11. The van der Waals surface area contributed by atoms with Gasteiger partial charge in [-0.1, -0.05) is 36.6 Å². The number of para-hydroxylation sites is 1. The summed E-state index contributed by atoms with van der Waals surface area (Å²) in [5.74, 6) is 0. The predicted molar refractivity (Wildman–Crippen MR) is 87.6 cm³/mol. The largest absolute Gasteiger partial charge is 0.368 e. The molecule has 0 radical (unpaired) electrons. The smallest absolute Gasteiger partial charge is 0.0639 e. The fourth-order valence-electron chi connectivity index (χ4n) is 2.75. The Kier molecular flexibility index (Phi) is 6.64. The van der Waals surface area contributed by atoms with Crippen LogP contribution in [0.1, 0.15) is 25.7 Å². The molecule has 1 aliphatic rings. The van der Waals surface area contributed by atoms with E-state index in [1.54, 1.807) is 0 Å². The number of benzene rings is 1. The van der Waals surface area contributed by atoms with E-state index in [2.05, 4.69) is 21.9 Å². The van der Waals surface area contributed by atoms with Gasteiger partial charge >= 0.3 is 0 Å². The van der Waals surface area contributed by atoms with Crippen molar-refractivity contribution in [3.63, 3.8) is 0 Å². The van der Waals surface area contributed by atoms with Crippen molar-refractivity contribution in [3.8, 4) is 0 Å². The van der Waals surface area contributed by atoms with Crippen LogP contribution in [0.25, 0.3) is 0 Å². The molecule has 0 atom stereocenters. The van der Waals surface area contributed by atoms with Gasteiger partial charge in [-0.3, -0.25) is 4.90 Å². The first kappa shape index (κ1) is 15.6. The van der Waals surface area contributed by atoms with E-state index < -0.39 is 0 Å². The van der Waals surface area contributed by atoms with E-state index in [1.165, 1.54) is 37.9 Å². The first-order chi connectivity index (χ1) is 9.81. The van der Waals surface area contributed by atoms with E-state index in [0.717, 1.165) is 37.7 Å². The number of hydrogen-bond donors (Lipinski definition) is 1. The van der Waals surface area contributed by atoms with Crippen LogP contribution in [0.2, 0.25) is 5.02 Å².